The number of amides is 1. The summed E-state index contributed by atoms with van der Waals surface area (Å²) in [5, 5.41) is 7.14. The first-order valence-electron chi connectivity index (χ1n) is 9.77. The van der Waals surface area contributed by atoms with Crippen molar-refractivity contribution >= 4 is 11.7 Å². The number of carbonyl (C=O) groups is 1. The van der Waals surface area contributed by atoms with E-state index < -0.39 is 0 Å². The van der Waals surface area contributed by atoms with Gasteiger partial charge in [0.25, 0.3) is 11.7 Å². The Hall–Kier alpha value is -3.58. The Labute approximate surface area is 174 Å². The van der Waals surface area contributed by atoms with Crippen molar-refractivity contribution in [2.24, 2.45) is 0 Å². The molecule has 2 heterocycles. The zero-order chi connectivity index (χ0) is 20.9. The largest absolute Gasteiger partial charge is 0.372 e. The van der Waals surface area contributed by atoms with E-state index in [4.69, 9.17) is 4.74 Å². The van der Waals surface area contributed by atoms with Gasteiger partial charge in [-0.15, -0.1) is 5.10 Å². The van der Waals surface area contributed by atoms with Crippen LogP contribution in [0.3, 0.4) is 0 Å². The van der Waals surface area contributed by atoms with Crippen LogP contribution < -0.4 is 5.32 Å². The van der Waals surface area contributed by atoms with Crippen LogP contribution in [0.25, 0.3) is 5.78 Å². The molecule has 1 amide bonds. The highest BCUT2D eigenvalue weighted by atomic mass is 16.5. The minimum Gasteiger partial charge on any atom is -0.372 e. The van der Waals surface area contributed by atoms with E-state index in [9.17, 15) is 4.79 Å². The topological polar surface area (TPSA) is 81.4 Å². The van der Waals surface area contributed by atoms with Crippen molar-refractivity contribution in [2.75, 3.05) is 0 Å². The van der Waals surface area contributed by atoms with E-state index in [1.54, 1.807) is 4.52 Å². The van der Waals surface area contributed by atoms with Gasteiger partial charge >= 0.3 is 0 Å². The Bertz CT molecular complexity index is 1170. The van der Waals surface area contributed by atoms with Crippen LogP contribution in [0.1, 0.15) is 38.7 Å². The Morgan fingerprint density at radius 3 is 2.50 bits per heavy atom. The molecule has 30 heavy (non-hydrogen) atoms. The summed E-state index contributed by atoms with van der Waals surface area (Å²) in [5.74, 6) is 0.206. The van der Waals surface area contributed by atoms with Crippen LogP contribution >= 0.6 is 0 Å². The minimum absolute atomic E-state index is 0.110. The van der Waals surface area contributed by atoms with E-state index in [1.807, 2.05) is 74.5 Å². The molecule has 0 spiro atoms. The fourth-order valence-electron chi connectivity index (χ4n) is 3.21. The molecule has 0 aliphatic carbocycles. The van der Waals surface area contributed by atoms with Crippen molar-refractivity contribution in [1.29, 1.82) is 0 Å². The van der Waals surface area contributed by atoms with Crippen LogP contribution in [0.4, 0.5) is 0 Å². The van der Waals surface area contributed by atoms with Crippen LogP contribution in [0.15, 0.2) is 60.7 Å². The average molecular weight is 401 g/mol. The second kappa shape index (κ2) is 8.84. The Morgan fingerprint density at radius 1 is 0.933 bits per heavy atom. The van der Waals surface area contributed by atoms with E-state index in [0.717, 1.165) is 28.1 Å². The monoisotopic (exact) mass is 401 g/mol. The van der Waals surface area contributed by atoms with Gasteiger partial charge < -0.3 is 10.1 Å². The van der Waals surface area contributed by atoms with E-state index in [0.29, 0.717) is 25.5 Å². The second-order valence-corrected chi connectivity index (χ2v) is 7.17. The van der Waals surface area contributed by atoms with Crippen molar-refractivity contribution in [3.05, 3.63) is 94.6 Å². The summed E-state index contributed by atoms with van der Waals surface area (Å²) in [6.45, 7) is 5.25. The predicted molar refractivity (Wildman–Crippen MR) is 113 cm³/mol. The number of aromatic nitrogens is 4. The molecule has 7 heteroatoms. The zero-order valence-corrected chi connectivity index (χ0v) is 17.0. The summed E-state index contributed by atoms with van der Waals surface area (Å²) in [4.78, 5) is 21.1. The number of ether oxygens (including phenoxy) is 1. The van der Waals surface area contributed by atoms with Gasteiger partial charge in [-0.3, -0.25) is 4.79 Å². The number of hydrogen-bond acceptors (Lipinski definition) is 5. The summed E-state index contributed by atoms with van der Waals surface area (Å²) in [5.41, 5.74) is 4.90. The molecule has 0 bridgehead atoms. The van der Waals surface area contributed by atoms with Crippen molar-refractivity contribution in [2.45, 2.75) is 33.6 Å². The van der Waals surface area contributed by atoms with Crippen molar-refractivity contribution in [3.63, 3.8) is 0 Å². The SMILES string of the molecule is Cc1cc(C)n2nc(C(=O)NCc3cccc(COCc4ccccc4)c3)nc2n1. The molecular formula is C23H23N5O2. The van der Waals surface area contributed by atoms with Crippen LogP contribution in [0.5, 0.6) is 0 Å². The van der Waals surface area contributed by atoms with Gasteiger partial charge in [-0.05, 0) is 36.6 Å². The molecule has 0 radical (unpaired) electrons. The molecular weight excluding hydrogens is 378 g/mol. The molecule has 0 fully saturated rings. The summed E-state index contributed by atoms with van der Waals surface area (Å²) in [6.07, 6.45) is 0. The molecule has 152 valence electrons. The van der Waals surface area contributed by atoms with Crippen LogP contribution in [0.2, 0.25) is 0 Å². The fourth-order valence-corrected chi connectivity index (χ4v) is 3.21. The molecule has 0 saturated carbocycles. The Balaban J connectivity index is 1.35. The lowest BCUT2D eigenvalue weighted by molar-refractivity contribution is 0.0940. The molecule has 2 aromatic heterocycles. The lowest BCUT2D eigenvalue weighted by Gasteiger charge is -2.07. The third-order valence-corrected chi connectivity index (χ3v) is 4.65. The van der Waals surface area contributed by atoms with Crippen molar-refractivity contribution < 1.29 is 9.53 Å². The molecule has 1 N–H and O–H groups in total. The quantitative estimate of drug-likeness (QED) is 0.513. The van der Waals surface area contributed by atoms with Gasteiger partial charge in [0.05, 0.1) is 13.2 Å². The highest BCUT2D eigenvalue weighted by molar-refractivity contribution is 5.90. The normalized spacial score (nSPS) is 11.0. The number of nitrogens with zero attached hydrogens (tertiary/aromatic N) is 4. The van der Waals surface area contributed by atoms with Crippen molar-refractivity contribution in [3.8, 4) is 0 Å². The lowest BCUT2D eigenvalue weighted by atomic mass is 10.1. The predicted octanol–water partition coefficient (Wildman–Crippen LogP) is 3.39. The Morgan fingerprint density at radius 2 is 1.67 bits per heavy atom. The van der Waals surface area contributed by atoms with E-state index in [2.05, 4.69) is 20.4 Å². The number of fused-ring (bicyclic) bond motifs is 1. The van der Waals surface area contributed by atoms with Gasteiger partial charge in [-0.1, -0.05) is 54.6 Å². The maximum absolute atomic E-state index is 12.5. The fraction of sp³-hybridized carbons (Fsp3) is 0.217. The van der Waals surface area contributed by atoms with E-state index >= 15 is 0 Å². The first kappa shape index (κ1) is 19.7. The van der Waals surface area contributed by atoms with Crippen LogP contribution in [-0.4, -0.2) is 25.5 Å². The van der Waals surface area contributed by atoms with Gasteiger partial charge in [0.15, 0.2) is 0 Å². The molecule has 0 saturated heterocycles. The van der Waals surface area contributed by atoms with Gasteiger partial charge in [0, 0.05) is 17.9 Å². The molecule has 0 aliphatic rings. The maximum Gasteiger partial charge on any atom is 0.291 e. The molecule has 4 rings (SSSR count). The third kappa shape index (κ3) is 4.69. The molecule has 7 nitrogen and oxygen atoms in total. The first-order valence-corrected chi connectivity index (χ1v) is 9.77. The highest BCUT2D eigenvalue weighted by Crippen LogP contribution is 2.10. The summed E-state index contributed by atoms with van der Waals surface area (Å²) in [7, 11) is 0. The zero-order valence-electron chi connectivity index (χ0n) is 17.0. The summed E-state index contributed by atoms with van der Waals surface area (Å²) in [6, 6.07) is 19.9. The Kier molecular flexibility index (Phi) is 5.81. The standard InChI is InChI=1S/C23H23N5O2/c1-16-11-17(2)28-23(25-16)26-21(27-28)22(29)24-13-19-9-6-10-20(12-19)15-30-14-18-7-4-3-5-8-18/h3-12H,13-15H2,1-2H3,(H,24,29). The summed E-state index contributed by atoms with van der Waals surface area (Å²) < 4.78 is 7.37. The number of nitrogens with one attached hydrogen (secondary N) is 1. The maximum atomic E-state index is 12.5. The van der Waals surface area contributed by atoms with Crippen molar-refractivity contribution in [1.82, 2.24) is 24.9 Å². The number of hydrogen-bond donors (Lipinski definition) is 1. The third-order valence-electron chi connectivity index (χ3n) is 4.65. The summed E-state index contributed by atoms with van der Waals surface area (Å²) >= 11 is 0. The molecule has 0 unspecified atom stereocenters. The minimum atomic E-state index is -0.330. The lowest BCUT2D eigenvalue weighted by Crippen LogP contribution is -2.24. The number of carbonyl (C=O) groups excluding carboxylic acids is 1. The molecule has 0 atom stereocenters. The van der Waals surface area contributed by atoms with E-state index in [1.165, 1.54) is 0 Å². The number of rotatable bonds is 7. The van der Waals surface area contributed by atoms with Crippen LogP contribution in [-0.2, 0) is 24.5 Å². The molecule has 0 aliphatic heterocycles. The van der Waals surface area contributed by atoms with Gasteiger partial charge in [-0.2, -0.15) is 4.98 Å². The molecule has 2 aromatic carbocycles. The first-order chi connectivity index (χ1) is 14.6. The van der Waals surface area contributed by atoms with Gasteiger partial charge in [0.2, 0.25) is 5.82 Å². The van der Waals surface area contributed by atoms with Gasteiger partial charge in [-0.25, -0.2) is 9.50 Å². The number of aryl methyl sites for hydroxylation is 2. The van der Waals surface area contributed by atoms with E-state index in [-0.39, 0.29) is 11.7 Å². The smallest absolute Gasteiger partial charge is 0.291 e. The van der Waals surface area contributed by atoms with Gasteiger partial charge in [0.1, 0.15) is 0 Å². The highest BCUT2D eigenvalue weighted by Gasteiger charge is 2.14. The molecule has 4 aromatic rings. The van der Waals surface area contributed by atoms with Crippen LogP contribution in [0, 0.1) is 13.8 Å². The average Bonchev–Trinajstić information content (AvgIpc) is 3.18. The number of benzene rings is 2. The second-order valence-electron chi connectivity index (χ2n) is 7.17.